The predicted octanol–water partition coefficient (Wildman–Crippen LogP) is 1.76. The SMILES string of the molecule is COc1ccc2c(N3CC(C(=O)O)C3)nccc2c1. The number of carboxylic acids is 1. The van der Waals surface area contributed by atoms with Gasteiger partial charge in [-0.15, -0.1) is 0 Å². The van der Waals surface area contributed by atoms with E-state index in [0.29, 0.717) is 13.1 Å². The van der Waals surface area contributed by atoms with E-state index in [0.717, 1.165) is 22.3 Å². The Morgan fingerprint density at radius 1 is 1.42 bits per heavy atom. The van der Waals surface area contributed by atoms with Crippen LogP contribution in [0.4, 0.5) is 5.82 Å². The fourth-order valence-electron chi connectivity index (χ4n) is 2.33. The molecule has 0 atom stereocenters. The Kier molecular flexibility index (Phi) is 2.74. The summed E-state index contributed by atoms with van der Waals surface area (Å²) in [6.45, 7) is 1.04. The first-order chi connectivity index (χ1) is 9.19. The topological polar surface area (TPSA) is 62.7 Å². The number of aromatic nitrogens is 1. The molecular formula is C14H14N2O3. The summed E-state index contributed by atoms with van der Waals surface area (Å²) in [5.41, 5.74) is 0. The minimum Gasteiger partial charge on any atom is -0.497 e. The van der Waals surface area contributed by atoms with E-state index in [1.807, 2.05) is 29.2 Å². The maximum Gasteiger partial charge on any atom is 0.310 e. The molecule has 5 nitrogen and oxygen atoms in total. The van der Waals surface area contributed by atoms with Crippen LogP contribution in [-0.4, -0.2) is 36.3 Å². The minimum atomic E-state index is -0.738. The molecule has 1 N–H and O–H groups in total. The molecule has 0 radical (unpaired) electrons. The van der Waals surface area contributed by atoms with Crippen molar-refractivity contribution in [2.45, 2.75) is 0 Å². The molecule has 1 aromatic heterocycles. The number of ether oxygens (including phenoxy) is 1. The summed E-state index contributed by atoms with van der Waals surface area (Å²) in [7, 11) is 1.64. The average molecular weight is 258 g/mol. The standard InChI is InChI=1S/C14H14N2O3/c1-19-11-2-3-12-9(6-11)4-5-15-13(12)16-7-10(8-16)14(17)18/h2-6,10H,7-8H2,1H3,(H,17,18). The molecule has 1 aliphatic heterocycles. The number of methoxy groups -OCH3 is 1. The van der Waals surface area contributed by atoms with Gasteiger partial charge in [0.1, 0.15) is 11.6 Å². The quantitative estimate of drug-likeness (QED) is 0.909. The third-order valence-electron chi connectivity index (χ3n) is 3.48. The smallest absolute Gasteiger partial charge is 0.310 e. The number of rotatable bonds is 3. The van der Waals surface area contributed by atoms with Crippen LogP contribution < -0.4 is 9.64 Å². The normalized spacial score (nSPS) is 15.3. The lowest BCUT2D eigenvalue weighted by molar-refractivity contribution is -0.142. The number of benzene rings is 1. The molecule has 2 heterocycles. The predicted molar refractivity (Wildman–Crippen MR) is 71.6 cm³/mol. The molecular weight excluding hydrogens is 244 g/mol. The number of carbonyl (C=O) groups is 1. The maximum atomic E-state index is 10.8. The number of hydrogen-bond acceptors (Lipinski definition) is 4. The van der Waals surface area contributed by atoms with E-state index in [1.54, 1.807) is 13.3 Å². The van der Waals surface area contributed by atoms with E-state index in [9.17, 15) is 4.79 Å². The minimum absolute atomic E-state index is 0.282. The zero-order valence-electron chi connectivity index (χ0n) is 10.5. The van der Waals surface area contributed by atoms with Crippen molar-refractivity contribution in [3.05, 3.63) is 30.5 Å². The van der Waals surface area contributed by atoms with Crippen LogP contribution in [0.15, 0.2) is 30.5 Å². The van der Waals surface area contributed by atoms with Gasteiger partial charge in [0, 0.05) is 24.7 Å². The van der Waals surface area contributed by atoms with E-state index in [-0.39, 0.29) is 5.92 Å². The fourth-order valence-corrected chi connectivity index (χ4v) is 2.33. The molecule has 0 saturated carbocycles. The van der Waals surface area contributed by atoms with Crippen molar-refractivity contribution in [2.24, 2.45) is 5.92 Å². The van der Waals surface area contributed by atoms with Crippen LogP contribution in [0.25, 0.3) is 10.8 Å². The van der Waals surface area contributed by atoms with Crippen molar-refractivity contribution < 1.29 is 14.6 Å². The van der Waals surface area contributed by atoms with Gasteiger partial charge in [0.25, 0.3) is 0 Å². The molecule has 0 amide bonds. The summed E-state index contributed by atoms with van der Waals surface area (Å²) in [5.74, 6) is 0.628. The molecule has 5 heteroatoms. The lowest BCUT2D eigenvalue weighted by Crippen LogP contribution is -2.50. The van der Waals surface area contributed by atoms with Gasteiger partial charge in [0.05, 0.1) is 13.0 Å². The zero-order chi connectivity index (χ0) is 13.4. The highest BCUT2D eigenvalue weighted by Gasteiger charge is 2.33. The van der Waals surface area contributed by atoms with E-state index in [4.69, 9.17) is 9.84 Å². The second-order valence-corrected chi connectivity index (χ2v) is 4.66. The van der Waals surface area contributed by atoms with Crippen molar-refractivity contribution in [3.63, 3.8) is 0 Å². The van der Waals surface area contributed by atoms with Gasteiger partial charge in [-0.1, -0.05) is 0 Å². The molecule has 0 spiro atoms. The summed E-state index contributed by atoms with van der Waals surface area (Å²) in [5, 5.41) is 11.0. The monoisotopic (exact) mass is 258 g/mol. The Morgan fingerprint density at radius 3 is 2.89 bits per heavy atom. The van der Waals surface area contributed by atoms with E-state index >= 15 is 0 Å². The van der Waals surface area contributed by atoms with Crippen LogP contribution in [-0.2, 0) is 4.79 Å². The number of nitrogens with zero attached hydrogens (tertiary/aromatic N) is 2. The Labute approximate surface area is 110 Å². The maximum absolute atomic E-state index is 10.8. The molecule has 19 heavy (non-hydrogen) atoms. The number of hydrogen-bond donors (Lipinski definition) is 1. The summed E-state index contributed by atoms with van der Waals surface area (Å²) >= 11 is 0. The molecule has 1 saturated heterocycles. The van der Waals surface area contributed by atoms with Crippen LogP contribution in [0.3, 0.4) is 0 Å². The van der Waals surface area contributed by atoms with Gasteiger partial charge in [0.2, 0.25) is 0 Å². The summed E-state index contributed by atoms with van der Waals surface area (Å²) in [6.07, 6.45) is 1.74. The van der Waals surface area contributed by atoms with Crippen LogP contribution >= 0.6 is 0 Å². The molecule has 98 valence electrons. The second-order valence-electron chi connectivity index (χ2n) is 4.66. The molecule has 1 fully saturated rings. The lowest BCUT2D eigenvalue weighted by Gasteiger charge is -2.38. The number of carboxylic acid groups (broad SMARTS) is 1. The molecule has 3 rings (SSSR count). The third kappa shape index (κ3) is 1.97. The second kappa shape index (κ2) is 4.42. The van der Waals surface area contributed by atoms with Crippen molar-refractivity contribution >= 4 is 22.6 Å². The Balaban J connectivity index is 1.94. The van der Waals surface area contributed by atoms with Gasteiger partial charge >= 0.3 is 5.97 Å². The Morgan fingerprint density at radius 2 is 2.21 bits per heavy atom. The van der Waals surface area contributed by atoms with Gasteiger partial charge in [-0.2, -0.15) is 0 Å². The van der Waals surface area contributed by atoms with Crippen LogP contribution in [0.1, 0.15) is 0 Å². The molecule has 0 bridgehead atoms. The largest absolute Gasteiger partial charge is 0.497 e. The van der Waals surface area contributed by atoms with Crippen LogP contribution in [0.5, 0.6) is 5.75 Å². The van der Waals surface area contributed by atoms with Crippen molar-refractivity contribution in [1.29, 1.82) is 0 Å². The van der Waals surface area contributed by atoms with E-state index in [2.05, 4.69) is 4.98 Å². The number of pyridine rings is 1. The number of aliphatic carboxylic acids is 1. The number of fused-ring (bicyclic) bond motifs is 1. The van der Waals surface area contributed by atoms with Gasteiger partial charge in [-0.05, 0) is 29.7 Å². The van der Waals surface area contributed by atoms with E-state index in [1.165, 1.54) is 0 Å². The van der Waals surface area contributed by atoms with Gasteiger partial charge in [-0.3, -0.25) is 4.79 Å². The van der Waals surface area contributed by atoms with Crippen LogP contribution in [0, 0.1) is 5.92 Å². The van der Waals surface area contributed by atoms with E-state index < -0.39 is 5.97 Å². The Hall–Kier alpha value is -2.30. The highest BCUT2D eigenvalue weighted by Crippen LogP contribution is 2.31. The first-order valence-corrected chi connectivity index (χ1v) is 6.09. The third-order valence-corrected chi connectivity index (χ3v) is 3.48. The van der Waals surface area contributed by atoms with Crippen molar-refractivity contribution in [1.82, 2.24) is 4.98 Å². The van der Waals surface area contributed by atoms with Crippen molar-refractivity contribution in [3.8, 4) is 5.75 Å². The molecule has 2 aromatic rings. The summed E-state index contributed by atoms with van der Waals surface area (Å²) < 4.78 is 5.20. The zero-order valence-corrected chi connectivity index (χ0v) is 10.5. The van der Waals surface area contributed by atoms with Gasteiger partial charge in [0.15, 0.2) is 0 Å². The number of anilines is 1. The fraction of sp³-hybridized carbons (Fsp3) is 0.286. The van der Waals surface area contributed by atoms with Gasteiger partial charge < -0.3 is 14.7 Å². The molecule has 1 aromatic carbocycles. The average Bonchev–Trinajstić information content (AvgIpc) is 2.36. The highest BCUT2D eigenvalue weighted by atomic mass is 16.5. The van der Waals surface area contributed by atoms with Crippen LogP contribution in [0.2, 0.25) is 0 Å². The Bertz CT molecular complexity index is 636. The molecule has 0 unspecified atom stereocenters. The lowest BCUT2D eigenvalue weighted by atomic mass is 9.99. The highest BCUT2D eigenvalue weighted by molar-refractivity contribution is 5.93. The summed E-state index contributed by atoms with van der Waals surface area (Å²) in [4.78, 5) is 17.2. The molecule has 0 aliphatic carbocycles. The summed E-state index contributed by atoms with van der Waals surface area (Å²) in [6, 6.07) is 7.73. The first kappa shape index (κ1) is 11.8. The van der Waals surface area contributed by atoms with Crippen molar-refractivity contribution in [2.75, 3.05) is 25.1 Å². The first-order valence-electron chi connectivity index (χ1n) is 6.09. The van der Waals surface area contributed by atoms with Gasteiger partial charge in [-0.25, -0.2) is 4.98 Å². The molecule has 1 aliphatic rings.